The fraction of sp³-hybridized carbons (Fsp3) is 0.480. The van der Waals surface area contributed by atoms with E-state index in [1.54, 1.807) is 18.2 Å². The van der Waals surface area contributed by atoms with Crippen LogP contribution in [0.25, 0.3) is 0 Å². The van der Waals surface area contributed by atoms with E-state index >= 15 is 0 Å². The Morgan fingerprint density at radius 2 is 2.03 bits per heavy atom. The quantitative estimate of drug-likeness (QED) is 0.729. The summed E-state index contributed by atoms with van der Waals surface area (Å²) < 4.78 is 6.36. The number of fused-ring (bicyclic) bond motifs is 3. The molecular weight excluding hydrogens is 414 g/mol. The van der Waals surface area contributed by atoms with E-state index in [2.05, 4.69) is 17.0 Å². The fourth-order valence-corrected chi connectivity index (χ4v) is 5.84. The van der Waals surface area contributed by atoms with E-state index in [1.807, 2.05) is 6.07 Å². The highest BCUT2D eigenvalue weighted by molar-refractivity contribution is 6.30. The predicted octanol–water partition coefficient (Wildman–Crippen LogP) is 4.53. The molecule has 2 aromatic rings. The summed E-state index contributed by atoms with van der Waals surface area (Å²) in [5.41, 5.74) is 3.54. The van der Waals surface area contributed by atoms with Crippen molar-refractivity contribution in [2.24, 2.45) is 11.8 Å². The number of nitrogens with zero attached hydrogens (tertiary/aromatic N) is 1. The number of aryl methyl sites for hydroxylation is 1. The summed E-state index contributed by atoms with van der Waals surface area (Å²) in [6, 6.07) is 11.3. The predicted molar refractivity (Wildman–Crippen MR) is 120 cm³/mol. The maximum absolute atomic E-state index is 11.7. The van der Waals surface area contributed by atoms with E-state index in [4.69, 9.17) is 16.3 Å². The van der Waals surface area contributed by atoms with Crippen molar-refractivity contribution in [1.82, 2.24) is 0 Å². The molecule has 0 aromatic heterocycles. The number of aliphatic hydroxyl groups excluding tert-OH is 1. The zero-order chi connectivity index (χ0) is 21.6. The number of aromatic carboxylic acids is 1. The molecule has 1 fully saturated rings. The van der Waals surface area contributed by atoms with Crippen molar-refractivity contribution in [3.8, 4) is 5.75 Å². The van der Waals surface area contributed by atoms with Gasteiger partial charge in [0.1, 0.15) is 5.75 Å². The SMILES string of the molecule is O=C(O)c1ccc2c(c1)N(C[C@@H]1CC[C@H]1CO)C[C@@]1(CCCc3cc(Cl)ccc31)CO2. The zero-order valence-corrected chi connectivity index (χ0v) is 18.3. The average Bonchev–Trinajstić information content (AvgIpc) is 2.89. The average molecular weight is 442 g/mol. The third kappa shape index (κ3) is 3.68. The van der Waals surface area contributed by atoms with Crippen LogP contribution in [0.1, 0.15) is 47.2 Å². The van der Waals surface area contributed by atoms with E-state index in [0.29, 0.717) is 18.4 Å². The van der Waals surface area contributed by atoms with Gasteiger partial charge in [0.25, 0.3) is 0 Å². The van der Waals surface area contributed by atoms with Crippen LogP contribution >= 0.6 is 11.6 Å². The Balaban J connectivity index is 1.56. The van der Waals surface area contributed by atoms with E-state index in [0.717, 1.165) is 61.7 Å². The van der Waals surface area contributed by atoms with Crippen LogP contribution in [-0.4, -0.2) is 42.5 Å². The van der Waals surface area contributed by atoms with Crippen LogP contribution in [0.2, 0.25) is 5.02 Å². The van der Waals surface area contributed by atoms with Gasteiger partial charge in [0, 0.05) is 30.1 Å². The van der Waals surface area contributed by atoms with E-state index in [9.17, 15) is 15.0 Å². The van der Waals surface area contributed by atoms with Gasteiger partial charge in [-0.05, 0) is 85.4 Å². The molecule has 164 valence electrons. The summed E-state index contributed by atoms with van der Waals surface area (Å²) in [6.45, 7) is 2.34. The molecule has 6 heteroatoms. The largest absolute Gasteiger partial charge is 0.490 e. The van der Waals surface area contributed by atoms with Crippen LogP contribution < -0.4 is 9.64 Å². The smallest absolute Gasteiger partial charge is 0.335 e. The number of hydrogen-bond acceptors (Lipinski definition) is 4. The number of ether oxygens (including phenoxy) is 1. The molecule has 0 unspecified atom stereocenters. The first-order valence-corrected chi connectivity index (χ1v) is 11.5. The van der Waals surface area contributed by atoms with Gasteiger partial charge in [0.2, 0.25) is 0 Å². The number of halogens is 1. The third-order valence-electron chi connectivity index (χ3n) is 7.55. The van der Waals surface area contributed by atoms with Gasteiger partial charge >= 0.3 is 5.97 Å². The van der Waals surface area contributed by atoms with Crippen LogP contribution in [0.4, 0.5) is 5.69 Å². The standard InChI is InChI=1S/C25H28ClNO4/c26-20-6-7-21-16(10-20)2-1-9-25(21)14-27(12-18-3-4-19(18)13-28)22-11-17(24(29)30)5-8-23(22)31-15-25/h5-8,10-11,18-19,28H,1-4,9,12-15H2,(H,29,30)/t18-,19-,25-/m0/s1. The maximum atomic E-state index is 11.7. The summed E-state index contributed by atoms with van der Waals surface area (Å²) in [6.07, 6.45) is 5.26. The fourth-order valence-electron chi connectivity index (χ4n) is 5.65. The summed E-state index contributed by atoms with van der Waals surface area (Å²) in [7, 11) is 0. The molecule has 2 aliphatic carbocycles. The number of carboxylic acids is 1. The zero-order valence-electron chi connectivity index (χ0n) is 17.5. The number of rotatable bonds is 4. The minimum atomic E-state index is -0.934. The molecule has 0 amide bonds. The van der Waals surface area contributed by atoms with Crippen molar-refractivity contribution in [2.45, 2.75) is 37.5 Å². The van der Waals surface area contributed by atoms with Crippen molar-refractivity contribution >= 4 is 23.3 Å². The van der Waals surface area contributed by atoms with Crippen molar-refractivity contribution in [3.63, 3.8) is 0 Å². The van der Waals surface area contributed by atoms with Gasteiger partial charge in [-0.15, -0.1) is 0 Å². The van der Waals surface area contributed by atoms with Gasteiger partial charge in [0.05, 0.1) is 17.9 Å². The molecule has 0 saturated heterocycles. The Hall–Kier alpha value is -2.24. The van der Waals surface area contributed by atoms with E-state index in [1.165, 1.54) is 11.1 Å². The molecule has 0 bridgehead atoms. The Morgan fingerprint density at radius 1 is 1.19 bits per heavy atom. The van der Waals surface area contributed by atoms with Gasteiger partial charge in [-0.3, -0.25) is 0 Å². The molecule has 1 aliphatic heterocycles. The van der Waals surface area contributed by atoms with E-state index < -0.39 is 5.97 Å². The van der Waals surface area contributed by atoms with Gasteiger partial charge in [-0.2, -0.15) is 0 Å². The number of benzene rings is 2. The molecular formula is C25H28ClNO4. The molecule has 1 spiro atoms. The summed E-state index contributed by atoms with van der Waals surface area (Å²) >= 11 is 6.29. The first-order valence-electron chi connectivity index (χ1n) is 11.1. The summed E-state index contributed by atoms with van der Waals surface area (Å²) in [4.78, 5) is 14.0. The molecule has 2 aromatic carbocycles. The van der Waals surface area contributed by atoms with Crippen LogP contribution in [0.15, 0.2) is 36.4 Å². The second kappa shape index (κ2) is 8.03. The second-order valence-corrected chi connectivity index (χ2v) is 9.81. The highest BCUT2D eigenvalue weighted by Crippen LogP contribution is 2.46. The molecule has 5 rings (SSSR count). The van der Waals surface area contributed by atoms with Gasteiger partial charge < -0.3 is 19.8 Å². The molecule has 31 heavy (non-hydrogen) atoms. The molecule has 1 saturated carbocycles. The molecule has 3 aliphatic rings. The highest BCUT2D eigenvalue weighted by Gasteiger charge is 2.43. The van der Waals surface area contributed by atoms with Crippen LogP contribution in [-0.2, 0) is 11.8 Å². The lowest BCUT2D eigenvalue weighted by atomic mass is 9.69. The number of hydrogen-bond donors (Lipinski definition) is 2. The van der Waals surface area contributed by atoms with Crippen molar-refractivity contribution in [1.29, 1.82) is 0 Å². The topological polar surface area (TPSA) is 70.0 Å². The lowest BCUT2D eigenvalue weighted by Crippen LogP contribution is -2.48. The molecule has 0 radical (unpaired) electrons. The lowest BCUT2D eigenvalue weighted by Gasteiger charge is -2.44. The molecule has 3 atom stereocenters. The Morgan fingerprint density at radius 3 is 2.77 bits per heavy atom. The monoisotopic (exact) mass is 441 g/mol. The number of anilines is 1. The maximum Gasteiger partial charge on any atom is 0.335 e. The van der Waals surface area contributed by atoms with E-state index in [-0.39, 0.29) is 17.6 Å². The minimum absolute atomic E-state index is 0.168. The summed E-state index contributed by atoms with van der Waals surface area (Å²) in [5.74, 6) is 0.539. The Kier molecular flexibility index (Phi) is 5.35. The molecule has 1 heterocycles. The second-order valence-electron chi connectivity index (χ2n) is 9.37. The van der Waals surface area contributed by atoms with Crippen molar-refractivity contribution in [2.75, 3.05) is 31.2 Å². The molecule has 5 nitrogen and oxygen atoms in total. The number of carbonyl (C=O) groups is 1. The Bertz CT molecular complexity index is 1010. The van der Waals surface area contributed by atoms with Crippen LogP contribution in [0.5, 0.6) is 5.75 Å². The van der Waals surface area contributed by atoms with Crippen LogP contribution in [0.3, 0.4) is 0 Å². The first kappa shape index (κ1) is 20.7. The van der Waals surface area contributed by atoms with Crippen molar-refractivity contribution in [3.05, 3.63) is 58.1 Å². The number of carboxylic acid groups (broad SMARTS) is 1. The normalized spacial score (nSPS) is 27.0. The molecule has 2 N–H and O–H groups in total. The Labute approximate surface area is 187 Å². The summed E-state index contributed by atoms with van der Waals surface area (Å²) in [5, 5.41) is 20.0. The van der Waals surface area contributed by atoms with Crippen molar-refractivity contribution < 1.29 is 19.7 Å². The van der Waals surface area contributed by atoms with Crippen LogP contribution in [0, 0.1) is 11.8 Å². The first-order chi connectivity index (χ1) is 15.0. The minimum Gasteiger partial charge on any atom is -0.490 e. The highest BCUT2D eigenvalue weighted by atomic mass is 35.5. The lowest BCUT2D eigenvalue weighted by molar-refractivity contribution is 0.0697. The number of aliphatic hydroxyl groups is 1. The van der Waals surface area contributed by atoms with Gasteiger partial charge in [-0.1, -0.05) is 17.7 Å². The van der Waals surface area contributed by atoms with Gasteiger partial charge in [0.15, 0.2) is 0 Å². The third-order valence-corrected chi connectivity index (χ3v) is 7.78. The van der Waals surface area contributed by atoms with Gasteiger partial charge in [-0.25, -0.2) is 4.79 Å².